The molecule has 3 aromatic heterocycles. The van der Waals surface area contributed by atoms with Gasteiger partial charge in [0.2, 0.25) is 0 Å². The lowest BCUT2D eigenvalue weighted by atomic mass is 9.95. The fraction of sp³-hybridized carbons (Fsp3) is 0. The van der Waals surface area contributed by atoms with Crippen LogP contribution in [0.5, 0.6) is 0 Å². The lowest BCUT2D eigenvalue weighted by molar-refractivity contribution is 0.669. The Labute approximate surface area is 314 Å². The molecule has 0 aliphatic heterocycles. The Morgan fingerprint density at radius 1 is 0.352 bits per heavy atom. The molecule has 0 radical (unpaired) electrons. The van der Waals surface area contributed by atoms with Crippen LogP contribution in [-0.4, -0.2) is 15.0 Å². The monoisotopic (exact) mass is 707 g/mol. The molecule has 252 valence electrons. The van der Waals surface area contributed by atoms with E-state index in [0.29, 0.717) is 17.5 Å². The van der Waals surface area contributed by atoms with Crippen molar-refractivity contribution in [2.24, 2.45) is 0 Å². The molecule has 0 fully saturated rings. The van der Waals surface area contributed by atoms with Crippen molar-refractivity contribution >= 4 is 64.2 Å². The average molecular weight is 708 g/mol. The first-order chi connectivity index (χ1) is 26.7. The Hall–Kier alpha value is -6.95. The zero-order valence-electron chi connectivity index (χ0n) is 28.9. The molecule has 0 bridgehead atoms. The molecule has 4 nitrogen and oxygen atoms in total. The number of hydrogen-bond donors (Lipinski definition) is 0. The summed E-state index contributed by atoms with van der Waals surface area (Å²) in [5, 5.41) is 7.00. The van der Waals surface area contributed by atoms with Crippen LogP contribution in [0.2, 0.25) is 0 Å². The molecule has 0 unspecified atom stereocenters. The largest absolute Gasteiger partial charge is 0.456 e. The van der Waals surface area contributed by atoms with Crippen LogP contribution in [0.15, 0.2) is 180 Å². The van der Waals surface area contributed by atoms with E-state index >= 15 is 0 Å². The van der Waals surface area contributed by atoms with Gasteiger partial charge < -0.3 is 4.42 Å². The summed E-state index contributed by atoms with van der Waals surface area (Å²) in [6, 6.07) is 61.7. The Bertz CT molecular complexity index is 3230. The molecule has 11 aromatic rings. The highest BCUT2D eigenvalue weighted by atomic mass is 32.1. The number of nitrogens with zero attached hydrogens (tertiary/aromatic N) is 3. The molecule has 5 heteroatoms. The molecular weight excluding hydrogens is 679 g/mol. The first-order valence-electron chi connectivity index (χ1n) is 18.0. The predicted molar refractivity (Wildman–Crippen MR) is 225 cm³/mol. The number of rotatable bonds is 5. The van der Waals surface area contributed by atoms with Crippen LogP contribution < -0.4 is 0 Å². The highest BCUT2D eigenvalue weighted by molar-refractivity contribution is 7.26. The number of para-hydroxylation sites is 1. The molecule has 0 aliphatic rings. The summed E-state index contributed by atoms with van der Waals surface area (Å²) < 4.78 is 8.86. The zero-order valence-corrected chi connectivity index (χ0v) is 29.7. The topological polar surface area (TPSA) is 51.8 Å². The van der Waals surface area contributed by atoms with E-state index in [4.69, 9.17) is 19.4 Å². The fourth-order valence-electron chi connectivity index (χ4n) is 7.64. The molecule has 0 atom stereocenters. The van der Waals surface area contributed by atoms with Crippen molar-refractivity contribution in [3.63, 3.8) is 0 Å². The molecule has 0 saturated carbocycles. The van der Waals surface area contributed by atoms with E-state index in [1.54, 1.807) is 0 Å². The van der Waals surface area contributed by atoms with Gasteiger partial charge in [-0.1, -0.05) is 127 Å². The maximum absolute atomic E-state index is 6.31. The van der Waals surface area contributed by atoms with Crippen molar-refractivity contribution in [1.82, 2.24) is 15.0 Å². The maximum atomic E-state index is 6.31. The third kappa shape index (κ3) is 5.17. The van der Waals surface area contributed by atoms with Crippen LogP contribution in [0.1, 0.15) is 0 Å². The Balaban J connectivity index is 1.15. The van der Waals surface area contributed by atoms with Crippen LogP contribution in [0, 0.1) is 0 Å². The highest BCUT2D eigenvalue weighted by Crippen LogP contribution is 2.42. The molecule has 0 saturated heterocycles. The summed E-state index contributed by atoms with van der Waals surface area (Å²) in [5.74, 6) is 1.81. The molecular formula is C49H29N3OS. The first-order valence-corrected chi connectivity index (χ1v) is 18.8. The minimum atomic E-state index is 0.587. The quantitative estimate of drug-likeness (QED) is 0.179. The number of fused-ring (bicyclic) bond motifs is 7. The highest BCUT2D eigenvalue weighted by Gasteiger charge is 2.18. The fourth-order valence-corrected chi connectivity index (χ4v) is 8.88. The number of benzene rings is 8. The first kappa shape index (κ1) is 30.7. The molecule has 0 amide bonds. The molecule has 0 spiro atoms. The van der Waals surface area contributed by atoms with E-state index in [1.165, 1.54) is 31.1 Å². The van der Waals surface area contributed by atoms with E-state index in [1.807, 2.05) is 35.6 Å². The van der Waals surface area contributed by atoms with Gasteiger partial charge >= 0.3 is 0 Å². The van der Waals surface area contributed by atoms with Gasteiger partial charge in [-0.05, 0) is 81.6 Å². The van der Waals surface area contributed by atoms with Gasteiger partial charge in [0.1, 0.15) is 11.2 Å². The van der Waals surface area contributed by atoms with Crippen molar-refractivity contribution in [3.8, 4) is 56.4 Å². The van der Waals surface area contributed by atoms with Gasteiger partial charge in [0.25, 0.3) is 0 Å². The molecule has 54 heavy (non-hydrogen) atoms. The van der Waals surface area contributed by atoms with Gasteiger partial charge in [-0.2, -0.15) is 0 Å². The second-order valence-electron chi connectivity index (χ2n) is 13.6. The molecule has 8 aromatic carbocycles. The summed E-state index contributed by atoms with van der Waals surface area (Å²) in [5.41, 5.74) is 8.89. The zero-order chi connectivity index (χ0) is 35.6. The van der Waals surface area contributed by atoms with Gasteiger partial charge in [-0.15, -0.1) is 11.3 Å². The smallest absolute Gasteiger partial charge is 0.164 e. The molecule has 0 N–H and O–H groups in total. The van der Waals surface area contributed by atoms with Gasteiger partial charge in [-0.25, -0.2) is 15.0 Å². The van der Waals surface area contributed by atoms with Gasteiger partial charge in [0.15, 0.2) is 17.5 Å². The van der Waals surface area contributed by atoms with Crippen LogP contribution >= 0.6 is 11.3 Å². The summed E-state index contributed by atoms with van der Waals surface area (Å²) >= 11 is 1.84. The normalized spacial score (nSPS) is 11.7. The Kier molecular flexibility index (Phi) is 7.00. The number of furan rings is 1. The van der Waals surface area contributed by atoms with E-state index in [2.05, 4.69) is 152 Å². The minimum Gasteiger partial charge on any atom is -0.456 e. The molecule has 11 rings (SSSR count). The van der Waals surface area contributed by atoms with E-state index in [-0.39, 0.29) is 0 Å². The van der Waals surface area contributed by atoms with Crippen molar-refractivity contribution in [1.29, 1.82) is 0 Å². The van der Waals surface area contributed by atoms with E-state index in [9.17, 15) is 0 Å². The van der Waals surface area contributed by atoms with Crippen molar-refractivity contribution in [2.45, 2.75) is 0 Å². The Morgan fingerprint density at radius 3 is 1.85 bits per heavy atom. The molecule has 0 aliphatic carbocycles. The van der Waals surface area contributed by atoms with Gasteiger partial charge in [0, 0.05) is 47.6 Å². The predicted octanol–water partition coefficient (Wildman–Crippen LogP) is 13.6. The standard InChI is InChI=1S/C49H29N3OS/c1-2-11-30(12-3-1)35-26-36(38-17-10-18-42-41-16-7-9-20-45(41)54-46(38)42)28-37(27-35)49-51-47(33-22-21-31-13-4-5-14-32(31)25-33)50-48(52-49)34-23-24-40-39-15-6-8-19-43(39)53-44(40)29-34/h1-29H. The summed E-state index contributed by atoms with van der Waals surface area (Å²) in [7, 11) is 0. The minimum absolute atomic E-state index is 0.587. The SMILES string of the molecule is c1ccc(-c2cc(-c3nc(-c4ccc5ccccc5c4)nc(-c4ccc5c(c4)oc4ccccc45)n3)cc(-c3cccc4c3sc3ccccc34)c2)cc1. The second kappa shape index (κ2) is 12.3. The summed E-state index contributed by atoms with van der Waals surface area (Å²) in [6.45, 7) is 0. The van der Waals surface area contributed by atoms with E-state index in [0.717, 1.165) is 60.7 Å². The third-order valence-corrected chi connectivity index (χ3v) is 11.5. The van der Waals surface area contributed by atoms with Crippen molar-refractivity contribution < 1.29 is 4.42 Å². The number of hydrogen-bond acceptors (Lipinski definition) is 5. The third-order valence-electron chi connectivity index (χ3n) is 10.3. The molecule has 3 heterocycles. The van der Waals surface area contributed by atoms with Crippen LogP contribution in [0.25, 0.3) is 109 Å². The average Bonchev–Trinajstić information content (AvgIpc) is 3.82. The van der Waals surface area contributed by atoms with E-state index < -0.39 is 0 Å². The van der Waals surface area contributed by atoms with Crippen molar-refractivity contribution in [2.75, 3.05) is 0 Å². The number of thiophene rings is 1. The maximum Gasteiger partial charge on any atom is 0.164 e. The summed E-state index contributed by atoms with van der Waals surface area (Å²) in [4.78, 5) is 15.6. The van der Waals surface area contributed by atoms with Crippen LogP contribution in [-0.2, 0) is 0 Å². The van der Waals surface area contributed by atoms with Crippen molar-refractivity contribution in [3.05, 3.63) is 176 Å². The lowest BCUT2D eigenvalue weighted by Gasteiger charge is -2.13. The van der Waals surface area contributed by atoms with Crippen LogP contribution in [0.3, 0.4) is 0 Å². The van der Waals surface area contributed by atoms with Gasteiger partial charge in [0.05, 0.1) is 0 Å². The van der Waals surface area contributed by atoms with Gasteiger partial charge in [-0.3, -0.25) is 0 Å². The lowest BCUT2D eigenvalue weighted by Crippen LogP contribution is -2.00. The Morgan fingerprint density at radius 2 is 0.981 bits per heavy atom. The number of aromatic nitrogens is 3. The second-order valence-corrected chi connectivity index (χ2v) is 14.7. The summed E-state index contributed by atoms with van der Waals surface area (Å²) in [6.07, 6.45) is 0. The van der Waals surface area contributed by atoms with Crippen LogP contribution in [0.4, 0.5) is 0 Å².